The number of nitrogens with one attached hydrogen (secondary N) is 2. The van der Waals surface area contributed by atoms with Crippen LogP contribution in [-0.4, -0.2) is 30.7 Å². The van der Waals surface area contributed by atoms with Gasteiger partial charge in [0, 0.05) is 22.2 Å². The molecule has 2 heterocycles. The molecule has 0 bridgehead atoms. The van der Waals surface area contributed by atoms with Crippen LogP contribution in [0.1, 0.15) is 17.0 Å². The predicted octanol–water partition coefficient (Wildman–Crippen LogP) is 2.97. The van der Waals surface area contributed by atoms with Gasteiger partial charge in [0.25, 0.3) is 0 Å². The van der Waals surface area contributed by atoms with Crippen LogP contribution in [0.4, 0.5) is 10.8 Å². The average molecular weight is 406 g/mol. The van der Waals surface area contributed by atoms with Gasteiger partial charge in [0.15, 0.2) is 5.13 Å². The first-order chi connectivity index (χ1) is 12.7. The predicted molar refractivity (Wildman–Crippen MR) is 104 cm³/mol. The van der Waals surface area contributed by atoms with Crippen LogP contribution in [-0.2, 0) is 21.2 Å². The van der Waals surface area contributed by atoms with Crippen LogP contribution in [0.3, 0.4) is 0 Å². The lowest BCUT2D eigenvalue weighted by Crippen LogP contribution is -2.15. The van der Waals surface area contributed by atoms with Gasteiger partial charge >= 0.3 is 0 Å². The zero-order valence-electron chi connectivity index (χ0n) is 14.9. The first-order valence-electron chi connectivity index (χ1n) is 7.96. The fraction of sp³-hybridized carbons (Fsp3) is 0.235. The monoisotopic (exact) mass is 406 g/mol. The Morgan fingerprint density at radius 1 is 1.22 bits per heavy atom. The summed E-state index contributed by atoms with van der Waals surface area (Å²) in [6.45, 7) is 3.56. The molecule has 1 amide bonds. The molecular weight excluding hydrogens is 388 g/mol. The number of aromatic nitrogens is 2. The highest BCUT2D eigenvalue weighted by molar-refractivity contribution is 7.92. The van der Waals surface area contributed by atoms with Gasteiger partial charge < -0.3 is 9.84 Å². The van der Waals surface area contributed by atoms with Crippen LogP contribution >= 0.6 is 11.3 Å². The number of sulfonamides is 1. The molecule has 0 aliphatic carbocycles. The molecule has 0 fully saturated rings. The number of thiazole rings is 1. The van der Waals surface area contributed by atoms with Crippen molar-refractivity contribution in [2.24, 2.45) is 0 Å². The van der Waals surface area contributed by atoms with E-state index in [1.165, 1.54) is 11.3 Å². The summed E-state index contributed by atoms with van der Waals surface area (Å²) in [7, 11) is -3.31. The molecule has 8 nitrogen and oxygen atoms in total. The highest BCUT2D eigenvalue weighted by atomic mass is 32.2. The molecule has 0 saturated heterocycles. The van der Waals surface area contributed by atoms with Crippen LogP contribution in [0.15, 0.2) is 34.2 Å². The number of rotatable bonds is 6. The standard InChI is InChI=1S/C17H18N4O4S2/c1-10-14(11(2)25-20-10)8-16(22)19-17-18-15(9-26-17)12-4-6-13(7-5-12)21-27(3,23)24/h4-7,9,21H,8H2,1-3H3,(H,18,19,22). The van der Waals surface area contributed by atoms with E-state index in [4.69, 9.17) is 4.52 Å². The first kappa shape index (κ1) is 19.1. The van der Waals surface area contributed by atoms with Crippen molar-refractivity contribution >= 4 is 38.1 Å². The number of carbonyl (C=O) groups is 1. The van der Waals surface area contributed by atoms with Crippen LogP contribution < -0.4 is 10.0 Å². The molecule has 0 unspecified atom stereocenters. The topological polar surface area (TPSA) is 114 Å². The van der Waals surface area contributed by atoms with Crippen molar-refractivity contribution in [2.75, 3.05) is 16.3 Å². The van der Waals surface area contributed by atoms with Crippen LogP contribution in [0, 0.1) is 13.8 Å². The number of nitrogens with zero attached hydrogens (tertiary/aromatic N) is 2. The Morgan fingerprint density at radius 3 is 2.52 bits per heavy atom. The molecule has 0 saturated carbocycles. The average Bonchev–Trinajstić information content (AvgIpc) is 3.16. The summed E-state index contributed by atoms with van der Waals surface area (Å²) in [5, 5.41) is 8.92. The van der Waals surface area contributed by atoms with Crippen LogP contribution in [0.2, 0.25) is 0 Å². The molecule has 0 spiro atoms. The minimum Gasteiger partial charge on any atom is -0.361 e. The lowest BCUT2D eigenvalue weighted by molar-refractivity contribution is -0.115. The maximum Gasteiger partial charge on any atom is 0.230 e. The third-order valence-corrected chi connectivity index (χ3v) is 5.12. The fourth-order valence-electron chi connectivity index (χ4n) is 2.47. The summed E-state index contributed by atoms with van der Waals surface area (Å²) in [4.78, 5) is 16.6. The number of amides is 1. The van der Waals surface area contributed by atoms with Crippen molar-refractivity contribution in [3.63, 3.8) is 0 Å². The molecule has 1 aromatic carbocycles. The Bertz CT molecular complexity index is 1050. The Morgan fingerprint density at radius 2 is 1.93 bits per heavy atom. The number of carbonyl (C=O) groups excluding carboxylic acids is 1. The van der Waals surface area contributed by atoms with Gasteiger partial charge in [-0.15, -0.1) is 11.3 Å². The van der Waals surface area contributed by atoms with Gasteiger partial charge in [-0.25, -0.2) is 13.4 Å². The van der Waals surface area contributed by atoms with Crippen molar-refractivity contribution < 1.29 is 17.7 Å². The zero-order chi connectivity index (χ0) is 19.6. The van der Waals surface area contributed by atoms with Gasteiger partial charge in [-0.1, -0.05) is 17.3 Å². The maximum atomic E-state index is 12.2. The van der Waals surface area contributed by atoms with E-state index >= 15 is 0 Å². The molecule has 0 radical (unpaired) electrons. The van der Waals surface area contributed by atoms with Crippen molar-refractivity contribution in [3.8, 4) is 11.3 Å². The molecule has 3 aromatic rings. The van der Waals surface area contributed by atoms with E-state index in [2.05, 4.69) is 20.2 Å². The number of hydrogen-bond donors (Lipinski definition) is 2. The normalized spacial score (nSPS) is 11.4. The molecule has 142 valence electrons. The first-order valence-corrected chi connectivity index (χ1v) is 10.7. The quantitative estimate of drug-likeness (QED) is 0.650. The highest BCUT2D eigenvalue weighted by Gasteiger charge is 2.15. The van der Waals surface area contributed by atoms with Gasteiger partial charge in [0.1, 0.15) is 5.76 Å². The van der Waals surface area contributed by atoms with Gasteiger partial charge in [0.05, 0.1) is 24.1 Å². The second kappa shape index (κ2) is 7.49. The van der Waals surface area contributed by atoms with Crippen LogP contribution in [0.5, 0.6) is 0 Å². The smallest absolute Gasteiger partial charge is 0.230 e. The largest absolute Gasteiger partial charge is 0.361 e. The van der Waals surface area contributed by atoms with Crippen LogP contribution in [0.25, 0.3) is 11.3 Å². The summed E-state index contributed by atoms with van der Waals surface area (Å²) in [6.07, 6.45) is 1.26. The fourth-order valence-corrected chi connectivity index (χ4v) is 3.77. The van der Waals surface area contributed by atoms with E-state index in [9.17, 15) is 13.2 Å². The van der Waals surface area contributed by atoms with Crippen molar-refractivity contribution in [1.29, 1.82) is 0 Å². The molecule has 3 rings (SSSR count). The van der Waals surface area contributed by atoms with E-state index < -0.39 is 10.0 Å². The lowest BCUT2D eigenvalue weighted by atomic mass is 10.1. The molecule has 0 atom stereocenters. The summed E-state index contributed by atoms with van der Waals surface area (Å²) < 4.78 is 30.0. The van der Waals surface area contributed by atoms with E-state index in [0.29, 0.717) is 28.0 Å². The molecule has 0 aliphatic rings. The summed E-state index contributed by atoms with van der Waals surface area (Å²) in [6, 6.07) is 6.84. The second-order valence-corrected chi connectivity index (χ2v) is 8.62. The number of benzene rings is 1. The van der Waals surface area contributed by atoms with Gasteiger partial charge in [0.2, 0.25) is 15.9 Å². The minimum absolute atomic E-state index is 0.169. The number of anilines is 2. The van der Waals surface area contributed by atoms with Gasteiger partial charge in [-0.2, -0.15) is 0 Å². The van der Waals surface area contributed by atoms with Crippen molar-refractivity contribution in [1.82, 2.24) is 10.1 Å². The number of aryl methyl sites for hydroxylation is 2. The maximum absolute atomic E-state index is 12.2. The summed E-state index contributed by atoms with van der Waals surface area (Å²) >= 11 is 1.31. The van der Waals surface area contributed by atoms with E-state index in [1.807, 2.05) is 5.38 Å². The number of hydrogen-bond acceptors (Lipinski definition) is 7. The summed E-state index contributed by atoms with van der Waals surface area (Å²) in [5.41, 5.74) is 3.46. The Hall–Kier alpha value is -2.72. The van der Waals surface area contributed by atoms with E-state index in [-0.39, 0.29) is 12.3 Å². The molecule has 0 aliphatic heterocycles. The Kier molecular flexibility index (Phi) is 5.29. The van der Waals surface area contributed by atoms with Gasteiger partial charge in [-0.05, 0) is 26.0 Å². The second-order valence-electron chi connectivity index (χ2n) is 6.02. The zero-order valence-corrected chi connectivity index (χ0v) is 16.6. The summed E-state index contributed by atoms with van der Waals surface area (Å²) in [5.74, 6) is 0.434. The van der Waals surface area contributed by atoms with Crippen molar-refractivity contribution in [2.45, 2.75) is 20.3 Å². The SMILES string of the molecule is Cc1noc(C)c1CC(=O)Nc1nc(-c2ccc(NS(C)(=O)=O)cc2)cs1. The Labute approximate surface area is 160 Å². The minimum atomic E-state index is -3.31. The third kappa shape index (κ3) is 4.92. The van der Waals surface area contributed by atoms with E-state index in [1.54, 1.807) is 38.1 Å². The highest BCUT2D eigenvalue weighted by Crippen LogP contribution is 2.26. The van der Waals surface area contributed by atoms with Gasteiger partial charge in [-0.3, -0.25) is 9.52 Å². The molecule has 10 heteroatoms. The third-order valence-electron chi connectivity index (χ3n) is 3.75. The molecule has 2 N–H and O–H groups in total. The molecule has 2 aromatic heterocycles. The lowest BCUT2D eigenvalue weighted by Gasteiger charge is -2.04. The molecular formula is C17H18N4O4S2. The Balaban J connectivity index is 1.67. The molecule has 27 heavy (non-hydrogen) atoms. The van der Waals surface area contributed by atoms with Crippen molar-refractivity contribution in [3.05, 3.63) is 46.7 Å². The van der Waals surface area contributed by atoms with E-state index in [0.717, 1.165) is 17.4 Å².